The van der Waals surface area contributed by atoms with Crippen molar-refractivity contribution in [3.05, 3.63) is 65.7 Å². The van der Waals surface area contributed by atoms with Crippen LogP contribution in [0.3, 0.4) is 0 Å². The van der Waals surface area contributed by atoms with Gasteiger partial charge in [-0.25, -0.2) is 14.4 Å². The second-order valence-electron chi connectivity index (χ2n) is 10.2. The first kappa shape index (κ1) is 25.2. The summed E-state index contributed by atoms with van der Waals surface area (Å²) in [6.45, 7) is 5.95. The van der Waals surface area contributed by atoms with Gasteiger partial charge in [0.25, 0.3) is 5.91 Å². The molecule has 2 unspecified atom stereocenters. The molecule has 202 valence electrons. The molecule has 2 atom stereocenters. The van der Waals surface area contributed by atoms with Crippen LogP contribution in [0.25, 0.3) is 22.3 Å². The molecular weight excluding hydrogens is 514 g/mol. The normalized spacial score (nSPS) is 19.4. The number of nitrogens with one attached hydrogen (secondary N) is 2. The third kappa shape index (κ3) is 4.69. The van der Waals surface area contributed by atoms with Crippen molar-refractivity contribution < 1.29 is 22.4 Å². The standard InChI is InChI=1S/C27H25F4N7O/c1-14(2)37-12-18-9-17(37)13-38(18)25(39)16-5-6-32-24(8-16)36-26-34-22-10-21(33-11-23(22)35-26)15-3-4-20(28)19(7-15)27(29,30)31/h3-8,10-11,14,17-18H,9,12-13H2,1-2H3,(H2,32,34,35,36). The fourth-order valence-electron chi connectivity index (χ4n) is 5.53. The van der Waals surface area contributed by atoms with Gasteiger partial charge in [0, 0.05) is 48.5 Å². The number of anilines is 2. The first-order valence-corrected chi connectivity index (χ1v) is 12.6. The highest BCUT2D eigenvalue weighted by molar-refractivity contribution is 5.95. The molecule has 4 aromatic rings. The molecule has 0 radical (unpaired) electrons. The van der Waals surface area contributed by atoms with Crippen LogP contribution in [0.2, 0.25) is 0 Å². The lowest BCUT2D eigenvalue weighted by molar-refractivity contribution is -0.139. The number of imidazole rings is 1. The number of benzene rings is 1. The summed E-state index contributed by atoms with van der Waals surface area (Å²) in [5.41, 5.74) is 0.472. The molecule has 2 N–H and O–H groups in total. The first-order chi connectivity index (χ1) is 18.6. The topological polar surface area (TPSA) is 90.0 Å². The Hall–Kier alpha value is -4.06. The van der Waals surface area contributed by atoms with Crippen molar-refractivity contribution in [1.29, 1.82) is 0 Å². The number of aromatic nitrogens is 4. The lowest BCUT2D eigenvalue weighted by atomic mass is 10.1. The third-order valence-corrected chi connectivity index (χ3v) is 7.40. The highest BCUT2D eigenvalue weighted by Gasteiger charge is 2.46. The molecule has 0 saturated carbocycles. The molecule has 8 nitrogen and oxygen atoms in total. The molecular formula is C27H25F4N7O. The van der Waals surface area contributed by atoms with E-state index in [1.807, 2.05) is 4.90 Å². The van der Waals surface area contributed by atoms with E-state index in [4.69, 9.17) is 0 Å². The number of likely N-dealkylation sites (tertiary alicyclic amines) is 2. The van der Waals surface area contributed by atoms with E-state index in [-0.39, 0.29) is 23.2 Å². The average Bonchev–Trinajstić information content (AvgIpc) is 3.61. The molecule has 39 heavy (non-hydrogen) atoms. The van der Waals surface area contributed by atoms with E-state index in [1.54, 1.807) is 18.3 Å². The largest absolute Gasteiger partial charge is 0.419 e. The van der Waals surface area contributed by atoms with Crippen molar-refractivity contribution in [2.24, 2.45) is 0 Å². The number of nitrogens with zero attached hydrogens (tertiary/aromatic N) is 5. The van der Waals surface area contributed by atoms with Crippen LogP contribution in [-0.2, 0) is 6.18 Å². The van der Waals surface area contributed by atoms with E-state index < -0.39 is 17.6 Å². The van der Waals surface area contributed by atoms with Gasteiger partial charge in [0.05, 0.1) is 28.5 Å². The first-order valence-electron chi connectivity index (χ1n) is 12.6. The summed E-state index contributed by atoms with van der Waals surface area (Å²) in [4.78, 5) is 33.6. The summed E-state index contributed by atoms with van der Waals surface area (Å²) in [6.07, 6.45) is -0.834. The van der Waals surface area contributed by atoms with Crippen molar-refractivity contribution >= 4 is 28.7 Å². The molecule has 2 aliphatic rings. The minimum atomic E-state index is -4.82. The Kier molecular flexibility index (Phi) is 6.01. The Bertz CT molecular complexity index is 1570. The van der Waals surface area contributed by atoms with Gasteiger partial charge in [-0.15, -0.1) is 0 Å². The van der Waals surface area contributed by atoms with Gasteiger partial charge in [-0.1, -0.05) is 0 Å². The Morgan fingerprint density at radius 2 is 1.92 bits per heavy atom. The van der Waals surface area contributed by atoms with Crippen molar-refractivity contribution in [3.8, 4) is 11.3 Å². The van der Waals surface area contributed by atoms with Gasteiger partial charge in [0.1, 0.15) is 11.6 Å². The van der Waals surface area contributed by atoms with E-state index in [0.29, 0.717) is 47.0 Å². The predicted octanol–water partition coefficient (Wildman–Crippen LogP) is 5.23. The average molecular weight is 540 g/mol. The maximum Gasteiger partial charge on any atom is 0.419 e. The van der Waals surface area contributed by atoms with Crippen molar-refractivity contribution in [1.82, 2.24) is 29.7 Å². The number of aromatic amines is 1. The van der Waals surface area contributed by atoms with Gasteiger partial charge in [-0.2, -0.15) is 13.2 Å². The quantitative estimate of drug-likeness (QED) is 0.338. The molecule has 6 rings (SSSR count). The number of carbonyl (C=O) groups is 1. The summed E-state index contributed by atoms with van der Waals surface area (Å²) in [7, 11) is 0. The van der Waals surface area contributed by atoms with E-state index in [1.165, 1.54) is 18.3 Å². The predicted molar refractivity (Wildman–Crippen MR) is 137 cm³/mol. The Morgan fingerprint density at radius 1 is 1.10 bits per heavy atom. The monoisotopic (exact) mass is 539 g/mol. The molecule has 2 saturated heterocycles. The number of piperazine rings is 1. The van der Waals surface area contributed by atoms with Crippen molar-refractivity contribution in [2.45, 2.75) is 44.6 Å². The van der Waals surface area contributed by atoms with E-state index in [9.17, 15) is 22.4 Å². The molecule has 2 fully saturated rings. The fraction of sp³-hybridized carbons (Fsp3) is 0.333. The van der Waals surface area contributed by atoms with Gasteiger partial charge in [0.2, 0.25) is 5.95 Å². The van der Waals surface area contributed by atoms with Crippen molar-refractivity contribution in [3.63, 3.8) is 0 Å². The van der Waals surface area contributed by atoms with E-state index in [0.717, 1.165) is 25.1 Å². The second-order valence-corrected chi connectivity index (χ2v) is 10.2. The fourth-order valence-corrected chi connectivity index (χ4v) is 5.53. The van der Waals surface area contributed by atoms with Crippen LogP contribution in [0.15, 0.2) is 48.8 Å². The maximum atomic E-state index is 13.7. The highest BCUT2D eigenvalue weighted by Crippen LogP contribution is 2.35. The zero-order valence-corrected chi connectivity index (χ0v) is 21.1. The van der Waals surface area contributed by atoms with Gasteiger partial charge in [0.15, 0.2) is 0 Å². The van der Waals surface area contributed by atoms with Crippen LogP contribution >= 0.6 is 0 Å². The highest BCUT2D eigenvalue weighted by atomic mass is 19.4. The Labute approximate surface area is 221 Å². The number of rotatable bonds is 5. The summed E-state index contributed by atoms with van der Waals surface area (Å²) in [5.74, 6) is -0.646. The van der Waals surface area contributed by atoms with E-state index >= 15 is 0 Å². The summed E-state index contributed by atoms with van der Waals surface area (Å²) >= 11 is 0. The number of pyridine rings is 2. The van der Waals surface area contributed by atoms with Crippen LogP contribution in [0.5, 0.6) is 0 Å². The molecule has 2 bridgehead atoms. The van der Waals surface area contributed by atoms with Crippen molar-refractivity contribution in [2.75, 3.05) is 18.4 Å². The van der Waals surface area contributed by atoms with Gasteiger partial charge in [-0.05, 0) is 56.7 Å². The number of fused-ring (bicyclic) bond motifs is 3. The molecule has 0 aliphatic carbocycles. The Morgan fingerprint density at radius 3 is 2.64 bits per heavy atom. The number of halogens is 4. The zero-order valence-electron chi connectivity index (χ0n) is 21.1. The van der Waals surface area contributed by atoms with Crippen LogP contribution < -0.4 is 5.32 Å². The lowest BCUT2D eigenvalue weighted by Gasteiger charge is -2.36. The Balaban J connectivity index is 1.20. The second kappa shape index (κ2) is 9.30. The minimum absolute atomic E-state index is 0.0349. The number of amides is 1. The van der Waals surface area contributed by atoms with Gasteiger partial charge < -0.3 is 15.2 Å². The van der Waals surface area contributed by atoms with E-state index in [2.05, 4.69) is 44.0 Å². The molecule has 0 spiro atoms. The third-order valence-electron chi connectivity index (χ3n) is 7.40. The number of hydrogen-bond donors (Lipinski definition) is 2. The number of hydrogen-bond acceptors (Lipinski definition) is 6. The molecule has 1 amide bonds. The SMILES string of the molecule is CC(C)N1CC2CC1CN2C(=O)c1ccnc(Nc2nc3cc(-c4ccc(F)c(C(F)(F)F)c4)ncc3[nH]2)c1. The number of H-pyrrole nitrogens is 1. The van der Waals surface area contributed by atoms with Gasteiger partial charge in [-0.3, -0.25) is 14.7 Å². The lowest BCUT2D eigenvalue weighted by Crippen LogP contribution is -2.50. The number of carbonyl (C=O) groups excluding carboxylic acids is 1. The van der Waals surface area contributed by atoms with Crippen LogP contribution in [0.4, 0.5) is 29.3 Å². The summed E-state index contributed by atoms with van der Waals surface area (Å²) < 4.78 is 53.1. The number of alkyl halides is 3. The molecule has 1 aromatic carbocycles. The zero-order chi connectivity index (χ0) is 27.5. The molecule has 12 heteroatoms. The summed E-state index contributed by atoms with van der Waals surface area (Å²) in [6, 6.07) is 8.67. The van der Waals surface area contributed by atoms with Crippen LogP contribution in [0, 0.1) is 5.82 Å². The minimum Gasteiger partial charge on any atom is -0.333 e. The van der Waals surface area contributed by atoms with Crippen LogP contribution in [-0.4, -0.2) is 66.9 Å². The molecule has 3 aromatic heterocycles. The molecule has 5 heterocycles. The maximum absolute atomic E-state index is 13.7. The van der Waals surface area contributed by atoms with Gasteiger partial charge >= 0.3 is 6.18 Å². The molecule has 2 aliphatic heterocycles. The van der Waals surface area contributed by atoms with Crippen LogP contribution in [0.1, 0.15) is 36.2 Å². The smallest absolute Gasteiger partial charge is 0.333 e. The summed E-state index contributed by atoms with van der Waals surface area (Å²) in [5, 5.41) is 3.05.